The van der Waals surface area contributed by atoms with E-state index in [0.717, 1.165) is 57.7 Å². The van der Waals surface area contributed by atoms with Crippen molar-refractivity contribution >= 4 is 5.91 Å². The Morgan fingerprint density at radius 1 is 1.06 bits per heavy atom. The predicted octanol–water partition coefficient (Wildman–Crippen LogP) is 3.61. The normalized spacial score (nSPS) is 21.9. The zero-order chi connectivity index (χ0) is 22.3. The first-order valence-corrected chi connectivity index (χ1v) is 11.8. The van der Waals surface area contributed by atoms with Gasteiger partial charge in [0.05, 0.1) is 0 Å². The van der Waals surface area contributed by atoms with Gasteiger partial charge in [-0.3, -0.25) is 14.5 Å². The third-order valence-electron chi connectivity index (χ3n) is 7.65. The number of amides is 1. The summed E-state index contributed by atoms with van der Waals surface area (Å²) < 4.78 is 6.27. The smallest absolute Gasteiger partial charge is 0.259 e. The molecule has 1 aromatic carbocycles. The van der Waals surface area contributed by atoms with Gasteiger partial charge in [0.1, 0.15) is 16.9 Å². The maximum Gasteiger partial charge on any atom is 0.259 e. The molecule has 1 spiro atoms. The molecule has 170 valence electrons. The lowest BCUT2D eigenvalue weighted by molar-refractivity contribution is 0.0281. The van der Waals surface area contributed by atoms with E-state index in [9.17, 15) is 9.59 Å². The number of hydrogen-bond donors (Lipinski definition) is 1. The first-order chi connectivity index (χ1) is 15.3. The molecule has 3 aliphatic rings. The van der Waals surface area contributed by atoms with Crippen molar-refractivity contribution in [1.29, 1.82) is 0 Å². The van der Waals surface area contributed by atoms with Crippen molar-refractivity contribution in [2.24, 2.45) is 5.41 Å². The van der Waals surface area contributed by atoms with Crippen LogP contribution in [0.15, 0.2) is 41.5 Å². The van der Waals surface area contributed by atoms with Crippen LogP contribution in [0.25, 0.3) is 0 Å². The van der Waals surface area contributed by atoms with Gasteiger partial charge in [0.2, 0.25) is 0 Å². The van der Waals surface area contributed by atoms with Crippen LogP contribution < -0.4 is 10.2 Å². The molecule has 2 saturated heterocycles. The van der Waals surface area contributed by atoms with E-state index >= 15 is 0 Å². The second-order valence-corrected chi connectivity index (χ2v) is 10.4. The number of likely N-dealkylation sites (tertiary alicyclic amines) is 2. The number of benzene rings is 1. The van der Waals surface area contributed by atoms with E-state index in [1.54, 1.807) is 6.20 Å². The molecule has 1 aromatic heterocycles. The largest absolute Gasteiger partial charge is 0.487 e. The minimum atomic E-state index is -0.206. The van der Waals surface area contributed by atoms with Crippen molar-refractivity contribution in [2.45, 2.75) is 58.1 Å². The lowest BCUT2D eigenvalue weighted by Gasteiger charge is -2.47. The Labute approximate surface area is 189 Å². The maximum absolute atomic E-state index is 12.8. The van der Waals surface area contributed by atoms with Crippen molar-refractivity contribution in [3.8, 4) is 5.75 Å². The molecule has 2 aromatic rings. The molecule has 1 amide bonds. The number of ether oxygens (including phenoxy) is 1. The van der Waals surface area contributed by atoms with Gasteiger partial charge < -0.3 is 14.6 Å². The summed E-state index contributed by atoms with van der Waals surface area (Å²) in [6.07, 6.45) is 8.45. The van der Waals surface area contributed by atoms with Crippen molar-refractivity contribution in [1.82, 2.24) is 14.8 Å². The summed E-state index contributed by atoms with van der Waals surface area (Å²) >= 11 is 0. The number of rotatable bonds is 3. The Morgan fingerprint density at radius 3 is 2.50 bits per heavy atom. The Bertz CT molecular complexity index is 1060. The highest BCUT2D eigenvalue weighted by Gasteiger charge is 2.39. The summed E-state index contributed by atoms with van der Waals surface area (Å²) in [5, 5.41) is 0. The highest BCUT2D eigenvalue weighted by molar-refractivity contribution is 5.93. The third kappa shape index (κ3) is 4.08. The summed E-state index contributed by atoms with van der Waals surface area (Å²) in [4.78, 5) is 32.0. The molecule has 6 nitrogen and oxygen atoms in total. The van der Waals surface area contributed by atoms with E-state index in [1.165, 1.54) is 36.2 Å². The van der Waals surface area contributed by atoms with Crippen molar-refractivity contribution in [3.05, 3.63) is 63.6 Å². The van der Waals surface area contributed by atoms with Crippen LogP contribution in [-0.2, 0) is 13.0 Å². The van der Waals surface area contributed by atoms with Crippen LogP contribution in [0.3, 0.4) is 0 Å². The third-order valence-corrected chi connectivity index (χ3v) is 7.65. The molecule has 0 atom stereocenters. The monoisotopic (exact) mass is 435 g/mol. The summed E-state index contributed by atoms with van der Waals surface area (Å²) in [6.45, 7) is 8.90. The maximum atomic E-state index is 12.8. The first-order valence-electron chi connectivity index (χ1n) is 11.8. The van der Waals surface area contributed by atoms with Gasteiger partial charge in [0.15, 0.2) is 5.43 Å². The molecule has 0 saturated carbocycles. The Kier molecular flexibility index (Phi) is 5.36. The van der Waals surface area contributed by atoms with Crippen LogP contribution in [-0.4, -0.2) is 52.5 Å². The van der Waals surface area contributed by atoms with Crippen molar-refractivity contribution in [3.63, 3.8) is 0 Å². The summed E-state index contributed by atoms with van der Waals surface area (Å²) in [6, 6.07) is 7.98. The zero-order valence-electron chi connectivity index (χ0n) is 19.2. The van der Waals surface area contributed by atoms with E-state index in [0.29, 0.717) is 5.41 Å². The number of nitrogens with one attached hydrogen (secondary N) is 1. The number of para-hydroxylation sites is 1. The minimum Gasteiger partial charge on any atom is -0.487 e. The van der Waals surface area contributed by atoms with E-state index in [2.05, 4.69) is 41.9 Å². The van der Waals surface area contributed by atoms with Crippen LogP contribution in [0, 0.1) is 5.41 Å². The standard InChI is InChI=1S/C26H33N3O3/c1-25(2)16-19-4-3-5-20(23(19)32-25)18-28-12-7-26(8-13-28)9-14-29(15-10-26)24(31)21-17-27-11-6-22(21)30/h3-6,11,17H,7-10,12-16,18H2,1-2H3,(H,27,30). The molecule has 6 heteroatoms. The van der Waals surface area contributed by atoms with Gasteiger partial charge in [0.25, 0.3) is 5.91 Å². The fraction of sp³-hybridized carbons (Fsp3) is 0.538. The number of fused-ring (bicyclic) bond motifs is 1. The molecule has 0 bridgehead atoms. The van der Waals surface area contributed by atoms with Crippen LogP contribution in [0.5, 0.6) is 5.75 Å². The highest BCUT2D eigenvalue weighted by Crippen LogP contribution is 2.43. The topological polar surface area (TPSA) is 65.6 Å². The average molecular weight is 436 g/mol. The average Bonchev–Trinajstić information content (AvgIpc) is 3.11. The molecule has 32 heavy (non-hydrogen) atoms. The number of hydrogen-bond acceptors (Lipinski definition) is 4. The molecule has 5 rings (SSSR count). The number of carbonyl (C=O) groups is 1. The molecule has 4 heterocycles. The number of nitrogens with zero attached hydrogens (tertiary/aromatic N) is 2. The van der Waals surface area contributed by atoms with E-state index < -0.39 is 0 Å². The van der Waals surface area contributed by atoms with Crippen LogP contribution in [0.4, 0.5) is 0 Å². The Morgan fingerprint density at radius 2 is 1.78 bits per heavy atom. The molecule has 0 unspecified atom stereocenters. The van der Waals surface area contributed by atoms with Crippen LogP contribution >= 0.6 is 0 Å². The fourth-order valence-electron chi connectivity index (χ4n) is 5.67. The number of piperidine rings is 2. The fourth-order valence-corrected chi connectivity index (χ4v) is 5.67. The molecule has 1 N–H and O–H groups in total. The van der Waals surface area contributed by atoms with Gasteiger partial charge in [0, 0.05) is 50.1 Å². The van der Waals surface area contributed by atoms with Crippen LogP contribution in [0.2, 0.25) is 0 Å². The first kappa shape index (κ1) is 21.3. The lowest BCUT2D eigenvalue weighted by atomic mass is 9.71. The Balaban J connectivity index is 1.17. The van der Waals surface area contributed by atoms with Crippen molar-refractivity contribution < 1.29 is 9.53 Å². The lowest BCUT2D eigenvalue weighted by Crippen LogP contribution is -2.48. The van der Waals surface area contributed by atoms with Gasteiger partial charge in [-0.05, 0) is 63.6 Å². The molecule has 0 radical (unpaired) electrons. The van der Waals surface area contributed by atoms with Gasteiger partial charge in [-0.25, -0.2) is 0 Å². The summed E-state index contributed by atoms with van der Waals surface area (Å²) in [7, 11) is 0. The number of carbonyl (C=O) groups excluding carboxylic acids is 1. The van der Waals surface area contributed by atoms with Gasteiger partial charge in [-0.1, -0.05) is 18.2 Å². The number of pyridine rings is 1. The SMILES string of the molecule is CC1(C)Cc2cccc(CN3CCC4(CC3)CCN(C(=O)c3c[nH]ccc3=O)CC4)c2O1. The zero-order valence-corrected chi connectivity index (χ0v) is 19.2. The van der Waals surface area contributed by atoms with Crippen LogP contribution in [0.1, 0.15) is 61.0 Å². The predicted molar refractivity (Wildman–Crippen MR) is 124 cm³/mol. The number of aromatic amines is 1. The summed E-state index contributed by atoms with van der Waals surface area (Å²) in [5.41, 5.74) is 2.89. The molecular formula is C26H33N3O3. The second kappa shape index (κ2) is 8.07. The van der Waals surface area contributed by atoms with E-state index in [-0.39, 0.29) is 22.5 Å². The minimum absolute atomic E-state index is 0.111. The highest BCUT2D eigenvalue weighted by atomic mass is 16.5. The van der Waals surface area contributed by atoms with Crippen molar-refractivity contribution in [2.75, 3.05) is 26.2 Å². The van der Waals surface area contributed by atoms with Gasteiger partial charge >= 0.3 is 0 Å². The van der Waals surface area contributed by atoms with E-state index in [4.69, 9.17) is 4.74 Å². The molecule has 0 aliphatic carbocycles. The molecule has 3 aliphatic heterocycles. The van der Waals surface area contributed by atoms with Gasteiger partial charge in [-0.15, -0.1) is 0 Å². The van der Waals surface area contributed by atoms with E-state index in [1.807, 2.05) is 4.90 Å². The van der Waals surface area contributed by atoms with Gasteiger partial charge in [-0.2, -0.15) is 0 Å². The molecule has 2 fully saturated rings. The second-order valence-electron chi connectivity index (χ2n) is 10.4. The number of aromatic nitrogens is 1. The quantitative estimate of drug-likeness (QED) is 0.800. The number of H-pyrrole nitrogens is 1. The molecular weight excluding hydrogens is 402 g/mol. The summed E-state index contributed by atoms with van der Waals surface area (Å²) in [5.74, 6) is 0.959. The Hall–Kier alpha value is -2.60.